The van der Waals surface area contributed by atoms with Gasteiger partial charge in [-0.2, -0.15) is 10.1 Å². The molecule has 0 N–H and O–H groups in total. The van der Waals surface area contributed by atoms with Gasteiger partial charge in [0.15, 0.2) is 0 Å². The standard InChI is InChI=1S/C21H18N4O/c1-15-6-8-16(9-7-15)10-11-20-23-21(24-26-20)18-5-3-4-17(14-18)19-12-13-22-25(19)2/h3-14H,1-2H3/b11-10+. The van der Waals surface area contributed by atoms with E-state index in [0.29, 0.717) is 11.7 Å². The predicted molar refractivity (Wildman–Crippen MR) is 102 cm³/mol. The summed E-state index contributed by atoms with van der Waals surface area (Å²) in [5.74, 6) is 1.05. The van der Waals surface area contributed by atoms with Crippen molar-refractivity contribution in [3.63, 3.8) is 0 Å². The molecule has 0 radical (unpaired) electrons. The number of aryl methyl sites for hydroxylation is 2. The maximum absolute atomic E-state index is 5.35. The van der Waals surface area contributed by atoms with Gasteiger partial charge in [0.05, 0.1) is 5.69 Å². The highest BCUT2D eigenvalue weighted by Gasteiger charge is 2.09. The predicted octanol–water partition coefficient (Wildman–Crippen LogP) is 4.62. The monoisotopic (exact) mass is 342 g/mol. The molecule has 26 heavy (non-hydrogen) atoms. The zero-order valence-corrected chi connectivity index (χ0v) is 14.6. The summed E-state index contributed by atoms with van der Waals surface area (Å²) in [5.41, 5.74) is 5.32. The van der Waals surface area contributed by atoms with Crippen LogP contribution in [0.4, 0.5) is 0 Å². The first-order valence-electron chi connectivity index (χ1n) is 8.36. The van der Waals surface area contributed by atoms with Gasteiger partial charge in [-0.3, -0.25) is 4.68 Å². The third-order valence-corrected chi connectivity index (χ3v) is 4.17. The molecular weight excluding hydrogens is 324 g/mol. The average molecular weight is 342 g/mol. The lowest BCUT2D eigenvalue weighted by Gasteiger charge is -2.03. The van der Waals surface area contributed by atoms with Crippen molar-refractivity contribution >= 4 is 12.2 Å². The summed E-state index contributed by atoms with van der Waals surface area (Å²) in [6.07, 6.45) is 5.57. The summed E-state index contributed by atoms with van der Waals surface area (Å²) < 4.78 is 7.19. The number of aromatic nitrogens is 4. The smallest absolute Gasteiger partial charge is 0.250 e. The van der Waals surface area contributed by atoms with Crippen LogP contribution in [0.5, 0.6) is 0 Å². The summed E-state index contributed by atoms with van der Waals surface area (Å²) >= 11 is 0. The van der Waals surface area contributed by atoms with Crippen molar-refractivity contribution < 1.29 is 4.52 Å². The molecule has 0 saturated carbocycles. The third kappa shape index (κ3) is 3.32. The van der Waals surface area contributed by atoms with Crippen LogP contribution in [0.15, 0.2) is 65.3 Å². The molecule has 0 saturated heterocycles. The fourth-order valence-corrected chi connectivity index (χ4v) is 2.74. The Morgan fingerprint density at radius 1 is 0.962 bits per heavy atom. The molecule has 128 valence electrons. The van der Waals surface area contributed by atoms with E-state index in [2.05, 4.69) is 46.4 Å². The fraction of sp³-hybridized carbons (Fsp3) is 0.0952. The molecule has 0 aliphatic carbocycles. The first kappa shape index (κ1) is 16.0. The molecule has 0 aliphatic heterocycles. The zero-order valence-electron chi connectivity index (χ0n) is 14.6. The van der Waals surface area contributed by atoms with Crippen LogP contribution in [0.3, 0.4) is 0 Å². The topological polar surface area (TPSA) is 56.7 Å². The van der Waals surface area contributed by atoms with Crippen LogP contribution >= 0.6 is 0 Å². The van der Waals surface area contributed by atoms with Gasteiger partial charge in [0, 0.05) is 30.4 Å². The van der Waals surface area contributed by atoms with E-state index in [4.69, 9.17) is 4.52 Å². The van der Waals surface area contributed by atoms with Gasteiger partial charge in [0.1, 0.15) is 0 Å². The highest BCUT2D eigenvalue weighted by molar-refractivity contribution is 5.69. The van der Waals surface area contributed by atoms with Crippen LogP contribution in [-0.4, -0.2) is 19.9 Å². The highest BCUT2D eigenvalue weighted by atomic mass is 16.5. The molecule has 0 bridgehead atoms. The highest BCUT2D eigenvalue weighted by Crippen LogP contribution is 2.24. The van der Waals surface area contributed by atoms with E-state index in [0.717, 1.165) is 22.4 Å². The van der Waals surface area contributed by atoms with Crippen molar-refractivity contribution in [2.24, 2.45) is 7.05 Å². The van der Waals surface area contributed by atoms with Gasteiger partial charge in [-0.05, 0) is 30.7 Å². The largest absolute Gasteiger partial charge is 0.334 e. The van der Waals surface area contributed by atoms with Gasteiger partial charge in [-0.25, -0.2) is 0 Å². The Bertz CT molecular complexity index is 1060. The molecule has 2 aromatic carbocycles. The quantitative estimate of drug-likeness (QED) is 0.543. The molecule has 2 aromatic heterocycles. The summed E-state index contributed by atoms with van der Waals surface area (Å²) in [7, 11) is 1.92. The fourth-order valence-electron chi connectivity index (χ4n) is 2.74. The number of hydrogen-bond acceptors (Lipinski definition) is 4. The number of hydrogen-bond donors (Lipinski definition) is 0. The molecule has 5 heteroatoms. The van der Waals surface area contributed by atoms with Crippen LogP contribution in [0.1, 0.15) is 17.0 Å². The van der Waals surface area contributed by atoms with Gasteiger partial charge >= 0.3 is 0 Å². The van der Waals surface area contributed by atoms with Crippen molar-refractivity contribution in [1.82, 2.24) is 19.9 Å². The Balaban J connectivity index is 1.58. The van der Waals surface area contributed by atoms with Gasteiger partial charge in [0.2, 0.25) is 5.82 Å². The first-order chi connectivity index (χ1) is 12.7. The molecule has 0 aliphatic rings. The Morgan fingerprint density at radius 2 is 1.77 bits per heavy atom. The maximum Gasteiger partial charge on any atom is 0.250 e. The third-order valence-electron chi connectivity index (χ3n) is 4.17. The molecule has 2 heterocycles. The van der Waals surface area contributed by atoms with Gasteiger partial charge < -0.3 is 4.52 Å². The van der Waals surface area contributed by atoms with Crippen LogP contribution < -0.4 is 0 Å². The van der Waals surface area contributed by atoms with Crippen molar-refractivity contribution in [2.45, 2.75) is 6.92 Å². The number of nitrogens with zero attached hydrogens (tertiary/aromatic N) is 4. The second-order valence-electron chi connectivity index (χ2n) is 6.12. The molecule has 5 nitrogen and oxygen atoms in total. The normalized spacial score (nSPS) is 11.3. The lowest BCUT2D eigenvalue weighted by Crippen LogP contribution is -1.93. The Kier molecular flexibility index (Phi) is 4.19. The van der Waals surface area contributed by atoms with Gasteiger partial charge in [-0.1, -0.05) is 53.2 Å². The minimum Gasteiger partial charge on any atom is -0.334 e. The van der Waals surface area contributed by atoms with Crippen LogP contribution in [0.25, 0.3) is 34.8 Å². The number of rotatable bonds is 4. The van der Waals surface area contributed by atoms with Crippen molar-refractivity contribution in [3.8, 4) is 22.6 Å². The minimum absolute atomic E-state index is 0.478. The lowest BCUT2D eigenvalue weighted by molar-refractivity contribution is 0.411. The van der Waals surface area contributed by atoms with Gasteiger partial charge in [0.25, 0.3) is 5.89 Å². The Morgan fingerprint density at radius 3 is 2.54 bits per heavy atom. The van der Waals surface area contributed by atoms with Crippen molar-refractivity contribution in [2.75, 3.05) is 0 Å². The molecule has 0 amide bonds. The average Bonchev–Trinajstić information content (AvgIpc) is 3.30. The van der Waals surface area contributed by atoms with E-state index in [1.54, 1.807) is 6.20 Å². The lowest BCUT2D eigenvalue weighted by atomic mass is 10.1. The van der Waals surface area contributed by atoms with E-state index >= 15 is 0 Å². The van der Waals surface area contributed by atoms with Crippen LogP contribution in [0.2, 0.25) is 0 Å². The number of benzene rings is 2. The zero-order chi connectivity index (χ0) is 17.9. The minimum atomic E-state index is 0.478. The summed E-state index contributed by atoms with van der Waals surface area (Å²) in [4.78, 5) is 4.47. The molecule has 0 fully saturated rings. The summed E-state index contributed by atoms with van der Waals surface area (Å²) in [6.45, 7) is 2.07. The first-order valence-corrected chi connectivity index (χ1v) is 8.36. The van der Waals surface area contributed by atoms with E-state index in [1.807, 2.05) is 54.2 Å². The second-order valence-corrected chi connectivity index (χ2v) is 6.12. The summed E-state index contributed by atoms with van der Waals surface area (Å²) in [6, 6.07) is 18.3. The molecule has 4 aromatic rings. The molecule has 4 rings (SSSR count). The SMILES string of the molecule is Cc1ccc(/C=C/c2nc(-c3cccc(-c4ccnn4C)c3)no2)cc1. The van der Waals surface area contributed by atoms with E-state index in [9.17, 15) is 0 Å². The molecule has 0 spiro atoms. The van der Waals surface area contributed by atoms with Crippen molar-refractivity contribution in [3.05, 3.63) is 77.8 Å². The molecule has 0 unspecified atom stereocenters. The Hall–Kier alpha value is -3.47. The second kappa shape index (κ2) is 6.80. The van der Waals surface area contributed by atoms with Crippen LogP contribution in [-0.2, 0) is 7.05 Å². The molecular formula is C21H18N4O. The Labute approximate surface area is 151 Å². The van der Waals surface area contributed by atoms with Gasteiger partial charge in [-0.15, -0.1) is 0 Å². The maximum atomic E-state index is 5.35. The van der Waals surface area contributed by atoms with E-state index in [-0.39, 0.29) is 0 Å². The van der Waals surface area contributed by atoms with Crippen LogP contribution in [0, 0.1) is 6.92 Å². The summed E-state index contributed by atoms with van der Waals surface area (Å²) in [5, 5.41) is 8.31. The van der Waals surface area contributed by atoms with E-state index in [1.165, 1.54) is 5.56 Å². The van der Waals surface area contributed by atoms with E-state index < -0.39 is 0 Å². The van der Waals surface area contributed by atoms with Crippen molar-refractivity contribution in [1.29, 1.82) is 0 Å². The molecule has 0 atom stereocenters.